The number of hydrogen-bond acceptors (Lipinski definition) is 5. The van der Waals surface area contributed by atoms with Crippen molar-refractivity contribution in [3.63, 3.8) is 0 Å². The minimum Gasteiger partial charge on any atom is -0.370 e. The maximum Gasteiger partial charge on any atom is 0.401 e. The molecule has 0 aromatic heterocycles. The number of anilines is 2. The molecule has 2 amide bonds. The molecule has 2 fully saturated rings. The third-order valence-electron chi connectivity index (χ3n) is 5.11. The van der Waals surface area contributed by atoms with Gasteiger partial charge in [-0.3, -0.25) is 14.5 Å². The monoisotopic (exact) mass is 450 g/mol. The lowest BCUT2D eigenvalue weighted by molar-refractivity contribution is -0.154. The van der Waals surface area contributed by atoms with Crippen LogP contribution in [0.25, 0.3) is 0 Å². The summed E-state index contributed by atoms with van der Waals surface area (Å²) in [4.78, 5) is 26.8. The third-order valence-corrected chi connectivity index (χ3v) is 5.11. The van der Waals surface area contributed by atoms with Gasteiger partial charge in [-0.25, -0.2) is 8.78 Å². The first-order valence-corrected chi connectivity index (χ1v) is 9.74. The topological polar surface area (TPSA) is 87.9 Å². The largest absolute Gasteiger partial charge is 0.401 e. The zero-order valence-electron chi connectivity index (χ0n) is 16.5. The number of nitrogens with two attached hydrogens (primary N) is 1. The highest BCUT2D eigenvalue weighted by Crippen LogP contribution is 2.34. The van der Waals surface area contributed by atoms with Crippen molar-refractivity contribution in [3.05, 3.63) is 23.8 Å². The van der Waals surface area contributed by atoms with E-state index in [0.717, 1.165) is 11.0 Å². The Hall–Kier alpha value is -2.31. The Labute approximate surface area is 175 Å². The van der Waals surface area contributed by atoms with Crippen LogP contribution in [-0.4, -0.2) is 67.8 Å². The van der Waals surface area contributed by atoms with Gasteiger partial charge in [0.15, 0.2) is 0 Å². The standard InChI is InChI=1S/C19H23F5N4O3/c20-17(21)13-7-11(1-4-14(13)27-5-6-31-9-16(27)29)26-18(30)15(8-25)28(12-2-3-12)10-19(22,23)24/h1,4,7,12,15,17H,2-3,5-6,8-10,25H2,(H,26,30)/t15-/m1/s1. The second kappa shape index (κ2) is 9.45. The van der Waals surface area contributed by atoms with E-state index in [2.05, 4.69) is 5.32 Å². The molecule has 1 aliphatic heterocycles. The summed E-state index contributed by atoms with van der Waals surface area (Å²) in [5, 5.41) is 2.39. The van der Waals surface area contributed by atoms with E-state index in [-0.39, 0.29) is 37.7 Å². The van der Waals surface area contributed by atoms with E-state index in [1.54, 1.807) is 0 Å². The molecule has 0 bridgehead atoms. The molecule has 0 radical (unpaired) electrons. The SMILES string of the molecule is NC[C@H](C(=O)Nc1ccc(N2CCOCC2=O)c(C(F)F)c1)N(CC(F)(F)F)C1CC1. The fourth-order valence-electron chi connectivity index (χ4n) is 3.55. The van der Waals surface area contributed by atoms with Gasteiger partial charge in [0.2, 0.25) is 5.91 Å². The van der Waals surface area contributed by atoms with Crippen LogP contribution in [0.15, 0.2) is 18.2 Å². The Morgan fingerprint density at radius 3 is 2.58 bits per heavy atom. The molecule has 31 heavy (non-hydrogen) atoms. The minimum absolute atomic E-state index is 0.00616. The number of rotatable bonds is 8. The van der Waals surface area contributed by atoms with Crippen LogP contribution in [0.2, 0.25) is 0 Å². The summed E-state index contributed by atoms with van der Waals surface area (Å²) in [7, 11) is 0. The van der Waals surface area contributed by atoms with Gasteiger partial charge in [0.05, 0.1) is 18.8 Å². The molecule has 0 unspecified atom stereocenters. The van der Waals surface area contributed by atoms with Crippen LogP contribution >= 0.6 is 0 Å². The van der Waals surface area contributed by atoms with Crippen molar-refractivity contribution in [2.24, 2.45) is 5.73 Å². The van der Waals surface area contributed by atoms with Crippen molar-refractivity contribution in [1.82, 2.24) is 4.90 Å². The predicted octanol–water partition coefficient (Wildman–Crippen LogP) is 2.28. The molecule has 1 aromatic rings. The Bertz CT molecular complexity index is 816. The first-order chi connectivity index (χ1) is 14.6. The van der Waals surface area contributed by atoms with Crippen molar-refractivity contribution in [2.45, 2.75) is 37.5 Å². The molecule has 0 spiro atoms. The van der Waals surface area contributed by atoms with Crippen LogP contribution in [0.3, 0.4) is 0 Å². The second-order valence-corrected chi connectivity index (χ2v) is 7.43. The average Bonchev–Trinajstić information content (AvgIpc) is 3.52. The Kier molecular flexibility index (Phi) is 7.12. The number of nitrogens with one attached hydrogen (secondary N) is 1. The summed E-state index contributed by atoms with van der Waals surface area (Å²) >= 11 is 0. The molecular weight excluding hydrogens is 427 g/mol. The van der Waals surface area contributed by atoms with Crippen LogP contribution in [0, 0.1) is 0 Å². The molecule has 3 N–H and O–H groups in total. The molecule has 1 aliphatic carbocycles. The van der Waals surface area contributed by atoms with Crippen LogP contribution < -0.4 is 16.0 Å². The number of nitrogens with zero attached hydrogens (tertiary/aromatic N) is 2. The first kappa shape index (κ1) is 23.4. The highest BCUT2D eigenvalue weighted by Gasteiger charge is 2.43. The van der Waals surface area contributed by atoms with Crippen molar-refractivity contribution in [3.8, 4) is 0 Å². The maximum absolute atomic E-state index is 13.6. The third kappa shape index (κ3) is 5.89. The first-order valence-electron chi connectivity index (χ1n) is 9.74. The van der Waals surface area contributed by atoms with E-state index in [0.29, 0.717) is 12.8 Å². The number of halogens is 5. The van der Waals surface area contributed by atoms with E-state index >= 15 is 0 Å². The number of benzene rings is 1. The molecule has 7 nitrogen and oxygen atoms in total. The number of amides is 2. The van der Waals surface area contributed by atoms with Crippen molar-refractivity contribution in [1.29, 1.82) is 0 Å². The molecule has 1 atom stereocenters. The van der Waals surface area contributed by atoms with Gasteiger partial charge in [-0.15, -0.1) is 0 Å². The maximum atomic E-state index is 13.6. The summed E-state index contributed by atoms with van der Waals surface area (Å²) in [5.41, 5.74) is 5.07. The summed E-state index contributed by atoms with van der Waals surface area (Å²) in [5.74, 6) is -1.28. The lowest BCUT2D eigenvalue weighted by Crippen LogP contribution is -2.52. The van der Waals surface area contributed by atoms with Crippen LogP contribution in [0.1, 0.15) is 24.8 Å². The highest BCUT2D eigenvalue weighted by molar-refractivity contribution is 5.98. The number of carbonyl (C=O) groups excluding carboxylic acids is 2. The fraction of sp³-hybridized carbons (Fsp3) is 0.579. The van der Waals surface area contributed by atoms with Gasteiger partial charge in [-0.1, -0.05) is 0 Å². The number of alkyl halides is 5. The van der Waals surface area contributed by atoms with Crippen molar-refractivity contribution >= 4 is 23.2 Å². The number of ether oxygens (including phenoxy) is 1. The van der Waals surface area contributed by atoms with Gasteiger partial charge in [0, 0.05) is 30.4 Å². The normalized spacial score (nSPS) is 18.6. The predicted molar refractivity (Wildman–Crippen MR) is 102 cm³/mol. The molecule has 1 saturated carbocycles. The van der Waals surface area contributed by atoms with E-state index in [1.165, 1.54) is 17.0 Å². The molecule has 1 heterocycles. The summed E-state index contributed by atoms with van der Waals surface area (Å²) in [6, 6.07) is 1.95. The quantitative estimate of drug-likeness (QED) is 0.594. The Morgan fingerprint density at radius 2 is 2.03 bits per heavy atom. The van der Waals surface area contributed by atoms with E-state index in [9.17, 15) is 31.5 Å². The zero-order valence-corrected chi connectivity index (χ0v) is 16.5. The lowest BCUT2D eigenvalue weighted by atomic mass is 10.1. The smallest absolute Gasteiger partial charge is 0.370 e. The average molecular weight is 450 g/mol. The van der Waals surface area contributed by atoms with Crippen LogP contribution in [0.4, 0.5) is 33.3 Å². The summed E-state index contributed by atoms with van der Waals surface area (Å²) in [6.07, 6.45) is -6.40. The van der Waals surface area contributed by atoms with E-state index in [4.69, 9.17) is 10.5 Å². The van der Waals surface area contributed by atoms with Gasteiger partial charge in [0.1, 0.15) is 12.6 Å². The molecule has 1 saturated heterocycles. The van der Waals surface area contributed by atoms with Gasteiger partial charge < -0.3 is 20.7 Å². The van der Waals surface area contributed by atoms with Crippen LogP contribution in [-0.2, 0) is 14.3 Å². The molecule has 3 rings (SSSR count). The summed E-state index contributed by atoms with van der Waals surface area (Å²) in [6.45, 7) is -1.57. The molecular formula is C19H23F5N4O3. The minimum atomic E-state index is -4.51. The number of hydrogen-bond donors (Lipinski definition) is 2. The molecule has 1 aromatic carbocycles. The fourth-order valence-corrected chi connectivity index (χ4v) is 3.55. The zero-order chi connectivity index (χ0) is 22.8. The van der Waals surface area contributed by atoms with Crippen molar-refractivity contribution in [2.75, 3.05) is 43.1 Å². The van der Waals surface area contributed by atoms with Gasteiger partial charge in [-0.05, 0) is 31.0 Å². The number of morpholine rings is 1. The second-order valence-electron chi connectivity index (χ2n) is 7.43. The van der Waals surface area contributed by atoms with E-state index < -0.39 is 48.6 Å². The summed E-state index contributed by atoms with van der Waals surface area (Å²) < 4.78 is 71.1. The Balaban J connectivity index is 1.79. The molecule has 172 valence electrons. The molecule has 2 aliphatic rings. The van der Waals surface area contributed by atoms with Gasteiger partial charge >= 0.3 is 6.18 Å². The number of carbonyl (C=O) groups is 2. The van der Waals surface area contributed by atoms with E-state index in [1.807, 2.05) is 0 Å². The van der Waals surface area contributed by atoms with Crippen LogP contribution in [0.5, 0.6) is 0 Å². The van der Waals surface area contributed by atoms with Gasteiger partial charge in [0.25, 0.3) is 12.3 Å². The lowest BCUT2D eigenvalue weighted by Gasteiger charge is -2.31. The molecule has 12 heteroatoms. The van der Waals surface area contributed by atoms with Crippen molar-refractivity contribution < 1.29 is 36.3 Å². The van der Waals surface area contributed by atoms with Gasteiger partial charge in [-0.2, -0.15) is 13.2 Å². The Morgan fingerprint density at radius 1 is 1.32 bits per heavy atom. The highest BCUT2D eigenvalue weighted by atomic mass is 19.4.